The Kier molecular flexibility index (Phi) is 8.05. The lowest BCUT2D eigenvalue weighted by molar-refractivity contribution is -0.129. The van der Waals surface area contributed by atoms with E-state index in [0.717, 1.165) is 18.1 Å². The molecule has 1 amide bonds. The molecule has 8 heteroatoms. The Morgan fingerprint density at radius 1 is 1.30 bits per heavy atom. The van der Waals surface area contributed by atoms with Crippen LogP contribution in [0, 0.1) is 13.8 Å². The Balaban J connectivity index is 2.10. The first kappa shape index (κ1) is 24.7. The number of hydrogen-bond donors (Lipinski definition) is 1. The Morgan fingerprint density at radius 3 is 2.61 bits per heavy atom. The van der Waals surface area contributed by atoms with Crippen LogP contribution >= 0.6 is 11.3 Å². The van der Waals surface area contributed by atoms with Crippen molar-refractivity contribution in [2.45, 2.75) is 33.7 Å². The van der Waals surface area contributed by atoms with E-state index in [9.17, 15) is 14.7 Å². The van der Waals surface area contributed by atoms with E-state index in [-0.39, 0.29) is 18.0 Å². The molecule has 2 aromatic rings. The van der Waals surface area contributed by atoms with Crippen LogP contribution in [0.5, 0.6) is 5.75 Å². The van der Waals surface area contributed by atoms with Crippen LogP contribution in [0.15, 0.2) is 48.3 Å². The maximum Gasteiger partial charge on any atom is 0.290 e. The molecule has 1 unspecified atom stereocenters. The molecular weight excluding hydrogens is 438 g/mol. The number of carbonyl (C=O) groups is 2. The Labute approximate surface area is 199 Å². The highest BCUT2D eigenvalue weighted by Gasteiger charge is 2.45. The number of rotatable bonds is 11. The number of carbonyl (C=O) groups excluding carboxylic acids is 2. The first-order chi connectivity index (χ1) is 15.8. The summed E-state index contributed by atoms with van der Waals surface area (Å²) in [4.78, 5) is 35.4. The average Bonchev–Trinajstić information content (AvgIpc) is 3.28. The molecule has 176 valence electrons. The van der Waals surface area contributed by atoms with Crippen LogP contribution in [0.2, 0.25) is 0 Å². The molecule has 0 bridgehead atoms. The van der Waals surface area contributed by atoms with Gasteiger partial charge in [-0.3, -0.25) is 9.59 Å². The molecule has 1 N–H and O–H groups in total. The molecule has 0 fully saturated rings. The number of aromatic nitrogens is 1. The third kappa shape index (κ3) is 5.02. The zero-order chi connectivity index (χ0) is 24.1. The zero-order valence-electron chi connectivity index (χ0n) is 19.6. The van der Waals surface area contributed by atoms with Crippen molar-refractivity contribution in [2.75, 3.05) is 32.8 Å². The summed E-state index contributed by atoms with van der Waals surface area (Å²) < 4.78 is 5.86. The van der Waals surface area contributed by atoms with E-state index in [0.29, 0.717) is 35.0 Å². The lowest BCUT2D eigenvalue weighted by Crippen LogP contribution is -2.38. The lowest BCUT2D eigenvalue weighted by Gasteiger charge is -2.30. The monoisotopic (exact) mass is 469 g/mol. The summed E-state index contributed by atoms with van der Waals surface area (Å²) in [5.41, 5.74) is 1.31. The minimum Gasteiger partial charge on any atom is -0.503 e. The molecule has 0 spiro atoms. The number of para-hydroxylation sites is 1. The summed E-state index contributed by atoms with van der Waals surface area (Å²) >= 11 is 1.27. The summed E-state index contributed by atoms with van der Waals surface area (Å²) in [6, 6.07) is 6.54. The highest BCUT2D eigenvalue weighted by Crippen LogP contribution is 2.43. The molecule has 0 aliphatic carbocycles. The number of Topliss-reactive ketones (excluding diaryl/α,β-unsaturated/α-hetero) is 1. The summed E-state index contributed by atoms with van der Waals surface area (Å²) in [5, 5.41) is 11.7. The number of aliphatic hydroxyl groups excluding tert-OH is 1. The van der Waals surface area contributed by atoms with E-state index in [1.54, 1.807) is 24.0 Å². The number of amides is 1. The van der Waals surface area contributed by atoms with E-state index < -0.39 is 17.7 Å². The van der Waals surface area contributed by atoms with Gasteiger partial charge >= 0.3 is 0 Å². The molecule has 1 aliphatic rings. The largest absolute Gasteiger partial charge is 0.503 e. The van der Waals surface area contributed by atoms with Crippen LogP contribution in [0.3, 0.4) is 0 Å². The molecule has 1 atom stereocenters. The van der Waals surface area contributed by atoms with E-state index in [2.05, 4.69) is 30.3 Å². The molecule has 33 heavy (non-hydrogen) atoms. The van der Waals surface area contributed by atoms with Gasteiger partial charge in [0, 0.05) is 18.7 Å². The fourth-order valence-electron chi connectivity index (χ4n) is 4.08. The molecule has 1 aromatic heterocycles. The van der Waals surface area contributed by atoms with Crippen LogP contribution in [0.4, 0.5) is 0 Å². The van der Waals surface area contributed by atoms with Crippen molar-refractivity contribution in [1.82, 2.24) is 14.8 Å². The number of likely N-dealkylation sites (N-methyl/N-ethyl adjacent to an activating group) is 1. The highest BCUT2D eigenvalue weighted by molar-refractivity contribution is 7.14. The van der Waals surface area contributed by atoms with Crippen molar-refractivity contribution >= 4 is 23.0 Å². The zero-order valence-corrected chi connectivity index (χ0v) is 20.4. The predicted molar refractivity (Wildman–Crippen MR) is 130 cm³/mol. The molecule has 7 nitrogen and oxygen atoms in total. The molecule has 0 saturated heterocycles. The van der Waals surface area contributed by atoms with Gasteiger partial charge in [-0.2, -0.15) is 0 Å². The normalized spacial score (nSPS) is 16.1. The van der Waals surface area contributed by atoms with Gasteiger partial charge in [-0.05, 0) is 33.0 Å². The van der Waals surface area contributed by atoms with Crippen LogP contribution in [-0.4, -0.2) is 64.4 Å². The SMILES string of the molecule is C=CCOc1ccccc1C1C(C(=O)c2sc(C)nc2C)=C(O)C(=O)N1CCN(CC)CC. The maximum atomic E-state index is 13.6. The van der Waals surface area contributed by atoms with Gasteiger partial charge in [0.05, 0.1) is 27.2 Å². The molecule has 3 rings (SSSR count). The van der Waals surface area contributed by atoms with Gasteiger partial charge in [-0.25, -0.2) is 4.98 Å². The van der Waals surface area contributed by atoms with Gasteiger partial charge in [0.15, 0.2) is 5.76 Å². The minimum absolute atomic E-state index is 0.0703. The number of nitrogens with zero attached hydrogens (tertiary/aromatic N) is 3. The number of benzene rings is 1. The maximum absolute atomic E-state index is 13.6. The summed E-state index contributed by atoms with van der Waals surface area (Å²) in [6.45, 7) is 14.4. The minimum atomic E-state index is -0.761. The number of aryl methyl sites for hydroxylation is 2. The Morgan fingerprint density at radius 2 is 2.00 bits per heavy atom. The van der Waals surface area contributed by atoms with Gasteiger partial charge in [0.2, 0.25) is 5.78 Å². The molecular formula is C25H31N3O4S. The smallest absolute Gasteiger partial charge is 0.290 e. The van der Waals surface area contributed by atoms with Crippen molar-refractivity contribution in [1.29, 1.82) is 0 Å². The first-order valence-corrected chi connectivity index (χ1v) is 11.9. The second-order valence-corrected chi connectivity index (χ2v) is 9.01. The number of ketones is 1. The summed E-state index contributed by atoms with van der Waals surface area (Å²) in [6.07, 6.45) is 1.64. The van der Waals surface area contributed by atoms with Crippen molar-refractivity contribution < 1.29 is 19.4 Å². The third-order valence-electron chi connectivity index (χ3n) is 5.78. The second kappa shape index (κ2) is 10.8. The number of hydrogen-bond acceptors (Lipinski definition) is 7. The molecule has 1 aromatic carbocycles. The lowest BCUT2D eigenvalue weighted by atomic mass is 9.94. The van der Waals surface area contributed by atoms with Crippen LogP contribution in [-0.2, 0) is 4.79 Å². The number of thiazole rings is 1. The predicted octanol–water partition coefficient (Wildman–Crippen LogP) is 4.24. The molecule has 1 aliphatic heterocycles. The first-order valence-electron chi connectivity index (χ1n) is 11.1. The fourth-order valence-corrected chi connectivity index (χ4v) is 4.95. The fraction of sp³-hybridized carbons (Fsp3) is 0.400. The molecule has 0 saturated carbocycles. The second-order valence-electron chi connectivity index (χ2n) is 7.80. The van der Waals surface area contributed by atoms with Gasteiger partial charge < -0.3 is 19.6 Å². The van der Waals surface area contributed by atoms with E-state index in [1.807, 2.05) is 25.1 Å². The highest BCUT2D eigenvalue weighted by atomic mass is 32.1. The van der Waals surface area contributed by atoms with Crippen LogP contribution in [0.1, 0.15) is 45.8 Å². The van der Waals surface area contributed by atoms with Crippen molar-refractivity contribution in [2.24, 2.45) is 0 Å². The van der Waals surface area contributed by atoms with Crippen LogP contribution < -0.4 is 4.74 Å². The third-order valence-corrected chi connectivity index (χ3v) is 6.85. The van der Waals surface area contributed by atoms with Gasteiger partial charge in [-0.15, -0.1) is 11.3 Å². The quantitative estimate of drug-likeness (QED) is 0.391. The summed E-state index contributed by atoms with van der Waals surface area (Å²) in [5.74, 6) is -0.889. The molecule has 0 radical (unpaired) electrons. The van der Waals surface area contributed by atoms with E-state index in [1.165, 1.54) is 11.3 Å². The Bertz CT molecular complexity index is 1070. The number of ether oxygens (including phenoxy) is 1. The van der Waals surface area contributed by atoms with Gasteiger partial charge in [0.25, 0.3) is 5.91 Å². The van der Waals surface area contributed by atoms with E-state index >= 15 is 0 Å². The van der Waals surface area contributed by atoms with Crippen molar-refractivity contribution in [3.05, 3.63) is 69.4 Å². The van der Waals surface area contributed by atoms with Crippen LogP contribution in [0.25, 0.3) is 0 Å². The molecule has 2 heterocycles. The van der Waals surface area contributed by atoms with Gasteiger partial charge in [-0.1, -0.05) is 44.7 Å². The van der Waals surface area contributed by atoms with Crippen molar-refractivity contribution in [3.8, 4) is 5.75 Å². The Hall–Kier alpha value is -2.97. The number of aliphatic hydroxyl groups is 1. The summed E-state index contributed by atoms with van der Waals surface area (Å²) in [7, 11) is 0. The van der Waals surface area contributed by atoms with Gasteiger partial charge in [0.1, 0.15) is 12.4 Å². The van der Waals surface area contributed by atoms with E-state index in [4.69, 9.17) is 4.74 Å². The average molecular weight is 470 g/mol. The topological polar surface area (TPSA) is 83.0 Å². The van der Waals surface area contributed by atoms with Crippen molar-refractivity contribution in [3.63, 3.8) is 0 Å². The standard InChI is InChI=1S/C25H31N3O4S/c1-6-15-32-19-12-10-9-11-18(19)21-20(22(29)24-16(4)26-17(5)33-24)23(30)25(31)28(21)14-13-27(7-2)8-3/h6,9-12,21,30H,1,7-8,13-15H2,2-5H3.